The van der Waals surface area contributed by atoms with Gasteiger partial charge >= 0.3 is 0 Å². The minimum absolute atomic E-state index is 0. The summed E-state index contributed by atoms with van der Waals surface area (Å²) in [7, 11) is 0. The summed E-state index contributed by atoms with van der Waals surface area (Å²) < 4.78 is 0.981. The van der Waals surface area contributed by atoms with Crippen LogP contribution in [0.25, 0.3) is 0 Å². The van der Waals surface area contributed by atoms with Gasteiger partial charge in [-0.15, -0.1) is 12.4 Å². The monoisotopic (exact) mass is 364 g/mol. The second-order valence-electron chi connectivity index (χ2n) is 4.44. The summed E-state index contributed by atoms with van der Waals surface area (Å²) in [5, 5.41) is 6.35. The molecule has 1 atom stereocenters. The van der Waals surface area contributed by atoms with Gasteiger partial charge in [-0.25, -0.2) is 0 Å². The number of hydrogen-bond donors (Lipinski definition) is 2. The van der Waals surface area contributed by atoms with Gasteiger partial charge in [0.15, 0.2) is 0 Å². The highest BCUT2D eigenvalue weighted by molar-refractivity contribution is 9.10. The highest BCUT2D eigenvalue weighted by Crippen LogP contribution is 2.21. The van der Waals surface area contributed by atoms with Crippen molar-refractivity contribution in [2.75, 3.05) is 23.4 Å². The molecular weight excluding hydrogens is 348 g/mol. The SMILES string of the molecule is Cc1ccc(Br)cc1NC(=O)CC1CSCCN1.Cl. The molecule has 1 unspecified atom stereocenters. The Morgan fingerprint density at radius 2 is 2.37 bits per heavy atom. The number of benzene rings is 1. The number of hydrogen-bond acceptors (Lipinski definition) is 3. The molecule has 1 fully saturated rings. The molecule has 0 spiro atoms. The summed E-state index contributed by atoms with van der Waals surface area (Å²) in [5.41, 5.74) is 1.97. The quantitative estimate of drug-likeness (QED) is 0.864. The fourth-order valence-electron chi connectivity index (χ4n) is 1.90. The van der Waals surface area contributed by atoms with E-state index in [9.17, 15) is 4.79 Å². The maximum atomic E-state index is 12.0. The molecule has 2 N–H and O–H groups in total. The lowest BCUT2D eigenvalue weighted by molar-refractivity contribution is -0.116. The molecule has 106 valence electrons. The van der Waals surface area contributed by atoms with Crippen molar-refractivity contribution in [2.45, 2.75) is 19.4 Å². The maximum Gasteiger partial charge on any atom is 0.225 e. The molecule has 1 aliphatic heterocycles. The van der Waals surface area contributed by atoms with Crippen LogP contribution in [0.2, 0.25) is 0 Å². The minimum Gasteiger partial charge on any atom is -0.326 e. The summed E-state index contributed by atoms with van der Waals surface area (Å²) in [6.45, 7) is 3.00. The van der Waals surface area contributed by atoms with E-state index in [1.807, 2.05) is 36.9 Å². The number of anilines is 1. The zero-order chi connectivity index (χ0) is 13.0. The van der Waals surface area contributed by atoms with E-state index >= 15 is 0 Å². The van der Waals surface area contributed by atoms with Gasteiger partial charge in [-0.3, -0.25) is 4.79 Å². The van der Waals surface area contributed by atoms with E-state index in [0.717, 1.165) is 33.8 Å². The topological polar surface area (TPSA) is 41.1 Å². The Kier molecular flexibility index (Phi) is 7.21. The largest absolute Gasteiger partial charge is 0.326 e. The molecule has 0 aliphatic carbocycles. The Balaban J connectivity index is 0.00000180. The second-order valence-corrected chi connectivity index (χ2v) is 6.50. The molecule has 0 saturated carbocycles. The van der Waals surface area contributed by atoms with E-state index < -0.39 is 0 Å². The Morgan fingerprint density at radius 1 is 1.58 bits per heavy atom. The van der Waals surface area contributed by atoms with Crippen LogP contribution < -0.4 is 10.6 Å². The van der Waals surface area contributed by atoms with Gasteiger partial charge in [0.05, 0.1) is 0 Å². The summed E-state index contributed by atoms with van der Waals surface area (Å²) >= 11 is 5.32. The second kappa shape index (κ2) is 8.15. The van der Waals surface area contributed by atoms with Crippen LogP contribution in [0.5, 0.6) is 0 Å². The third-order valence-electron chi connectivity index (χ3n) is 2.90. The van der Waals surface area contributed by atoms with Gasteiger partial charge in [0.1, 0.15) is 0 Å². The molecule has 1 amide bonds. The molecule has 2 rings (SSSR count). The first-order chi connectivity index (χ1) is 8.65. The number of halogens is 2. The van der Waals surface area contributed by atoms with Crippen LogP contribution in [0, 0.1) is 6.92 Å². The predicted molar refractivity (Wildman–Crippen MR) is 88.5 cm³/mol. The van der Waals surface area contributed by atoms with Crippen LogP contribution >= 0.6 is 40.1 Å². The Hall–Kier alpha value is -0.230. The van der Waals surface area contributed by atoms with Gasteiger partial charge in [0, 0.05) is 40.7 Å². The number of nitrogens with one attached hydrogen (secondary N) is 2. The number of carbonyl (C=O) groups excluding carboxylic acids is 1. The Morgan fingerprint density at radius 3 is 3.05 bits per heavy atom. The highest BCUT2D eigenvalue weighted by Gasteiger charge is 2.17. The first-order valence-electron chi connectivity index (χ1n) is 6.02. The van der Waals surface area contributed by atoms with Crippen molar-refractivity contribution in [1.29, 1.82) is 0 Å². The molecule has 1 aliphatic rings. The fourth-order valence-corrected chi connectivity index (χ4v) is 3.21. The molecule has 0 aromatic heterocycles. The molecule has 0 radical (unpaired) electrons. The average Bonchev–Trinajstić information content (AvgIpc) is 2.35. The van der Waals surface area contributed by atoms with Crippen LogP contribution in [0.15, 0.2) is 22.7 Å². The van der Waals surface area contributed by atoms with E-state index in [0.29, 0.717) is 12.5 Å². The van der Waals surface area contributed by atoms with Crippen molar-refractivity contribution in [1.82, 2.24) is 5.32 Å². The standard InChI is InChI=1S/C13H17BrN2OS.ClH/c1-9-2-3-10(14)6-12(9)16-13(17)7-11-8-18-5-4-15-11;/h2-3,6,11,15H,4-5,7-8H2,1H3,(H,16,17);1H. The minimum atomic E-state index is 0. The average molecular weight is 366 g/mol. The summed E-state index contributed by atoms with van der Waals surface area (Å²) in [6.07, 6.45) is 0.541. The van der Waals surface area contributed by atoms with Gasteiger partial charge < -0.3 is 10.6 Å². The molecular formula is C13H18BrClN2OS. The number of amides is 1. The molecule has 0 bridgehead atoms. The van der Waals surface area contributed by atoms with Gasteiger partial charge in [-0.05, 0) is 24.6 Å². The molecule has 19 heavy (non-hydrogen) atoms. The number of carbonyl (C=O) groups is 1. The summed E-state index contributed by atoms with van der Waals surface area (Å²) in [5.74, 6) is 2.24. The van der Waals surface area contributed by atoms with Crippen LogP contribution in [0.4, 0.5) is 5.69 Å². The molecule has 1 aromatic carbocycles. The predicted octanol–water partition coefficient (Wildman–Crippen LogP) is 3.21. The van der Waals surface area contributed by atoms with Crippen molar-refractivity contribution in [3.05, 3.63) is 28.2 Å². The summed E-state index contributed by atoms with van der Waals surface area (Å²) in [4.78, 5) is 12.0. The van der Waals surface area contributed by atoms with Crippen LogP contribution in [0.3, 0.4) is 0 Å². The van der Waals surface area contributed by atoms with Crippen LogP contribution in [0.1, 0.15) is 12.0 Å². The maximum absolute atomic E-state index is 12.0. The number of rotatable bonds is 3. The van der Waals surface area contributed by atoms with E-state index in [4.69, 9.17) is 0 Å². The molecule has 1 saturated heterocycles. The zero-order valence-electron chi connectivity index (χ0n) is 10.7. The zero-order valence-corrected chi connectivity index (χ0v) is 14.0. The first kappa shape index (κ1) is 16.8. The lowest BCUT2D eigenvalue weighted by Crippen LogP contribution is -2.39. The third-order valence-corrected chi connectivity index (χ3v) is 4.53. The fraction of sp³-hybridized carbons (Fsp3) is 0.462. The number of aryl methyl sites for hydroxylation is 1. The van der Waals surface area contributed by atoms with Gasteiger partial charge in [-0.2, -0.15) is 11.8 Å². The molecule has 6 heteroatoms. The van der Waals surface area contributed by atoms with Crippen molar-refractivity contribution in [3.8, 4) is 0 Å². The van der Waals surface area contributed by atoms with Crippen molar-refractivity contribution < 1.29 is 4.79 Å². The first-order valence-corrected chi connectivity index (χ1v) is 7.97. The lowest BCUT2D eigenvalue weighted by atomic mass is 10.1. The van der Waals surface area contributed by atoms with Crippen molar-refractivity contribution in [3.63, 3.8) is 0 Å². The molecule has 1 aromatic rings. The van der Waals surface area contributed by atoms with E-state index in [1.165, 1.54) is 0 Å². The molecule has 3 nitrogen and oxygen atoms in total. The van der Waals surface area contributed by atoms with Crippen molar-refractivity contribution >= 4 is 51.7 Å². The lowest BCUT2D eigenvalue weighted by Gasteiger charge is -2.22. The highest BCUT2D eigenvalue weighted by atomic mass is 79.9. The van der Waals surface area contributed by atoms with Crippen LogP contribution in [-0.2, 0) is 4.79 Å². The van der Waals surface area contributed by atoms with Crippen molar-refractivity contribution in [2.24, 2.45) is 0 Å². The normalized spacial score (nSPS) is 18.5. The third kappa shape index (κ3) is 5.34. The molecule has 1 heterocycles. The Bertz CT molecular complexity index is 439. The smallest absolute Gasteiger partial charge is 0.225 e. The van der Waals surface area contributed by atoms with Crippen LogP contribution in [-0.4, -0.2) is 30.0 Å². The van der Waals surface area contributed by atoms with Gasteiger partial charge in [0.2, 0.25) is 5.91 Å². The van der Waals surface area contributed by atoms with Gasteiger partial charge in [-0.1, -0.05) is 22.0 Å². The summed E-state index contributed by atoms with van der Waals surface area (Å²) in [6, 6.07) is 6.21. The van der Waals surface area contributed by atoms with E-state index in [-0.39, 0.29) is 18.3 Å². The van der Waals surface area contributed by atoms with E-state index in [1.54, 1.807) is 0 Å². The Labute approximate surface area is 132 Å². The number of thioether (sulfide) groups is 1. The van der Waals surface area contributed by atoms with E-state index in [2.05, 4.69) is 26.6 Å². The van der Waals surface area contributed by atoms with Gasteiger partial charge in [0.25, 0.3) is 0 Å².